The lowest BCUT2D eigenvalue weighted by Crippen LogP contribution is -1.94. The molecule has 0 unspecified atom stereocenters. The SMILES string of the molecule is c1ccc(-c2ccc(-n3c4ccccc4c4ccc(-c5ccc6c7ccccc7n(-c7ccc8oc9ccccc9c8c7)c6c5)cc43)cc2)cc1. The number of furan rings is 1. The highest BCUT2D eigenvalue weighted by Gasteiger charge is 2.17. The van der Waals surface area contributed by atoms with Gasteiger partial charge in [0.1, 0.15) is 11.2 Å². The normalized spacial score (nSPS) is 11.9. The molecule has 0 bridgehead atoms. The van der Waals surface area contributed by atoms with E-state index in [2.05, 4.69) is 179 Å². The molecule has 238 valence electrons. The van der Waals surface area contributed by atoms with E-state index in [1.165, 1.54) is 65.9 Å². The van der Waals surface area contributed by atoms with Gasteiger partial charge in [0.15, 0.2) is 0 Å². The van der Waals surface area contributed by atoms with Gasteiger partial charge in [-0.05, 0) is 82.9 Å². The summed E-state index contributed by atoms with van der Waals surface area (Å²) in [6, 6.07) is 65.6. The second kappa shape index (κ2) is 10.8. The minimum Gasteiger partial charge on any atom is -0.456 e. The molecule has 11 aromatic rings. The van der Waals surface area contributed by atoms with Gasteiger partial charge in [0.2, 0.25) is 0 Å². The largest absolute Gasteiger partial charge is 0.456 e. The average Bonchev–Trinajstić information content (AvgIpc) is 3.85. The van der Waals surface area contributed by atoms with E-state index in [1.807, 2.05) is 12.1 Å². The molecular formula is C48H30N2O. The molecule has 11 rings (SSSR count). The van der Waals surface area contributed by atoms with E-state index in [1.54, 1.807) is 0 Å². The van der Waals surface area contributed by atoms with Gasteiger partial charge >= 0.3 is 0 Å². The molecule has 3 nitrogen and oxygen atoms in total. The van der Waals surface area contributed by atoms with Crippen molar-refractivity contribution in [2.24, 2.45) is 0 Å². The second-order valence-electron chi connectivity index (χ2n) is 13.4. The zero-order valence-electron chi connectivity index (χ0n) is 27.6. The van der Waals surface area contributed by atoms with Crippen LogP contribution in [-0.4, -0.2) is 9.13 Å². The lowest BCUT2D eigenvalue weighted by atomic mass is 10.0. The van der Waals surface area contributed by atoms with E-state index in [0.717, 1.165) is 33.3 Å². The third-order valence-electron chi connectivity index (χ3n) is 10.5. The van der Waals surface area contributed by atoms with Crippen LogP contribution in [0.1, 0.15) is 0 Å². The predicted octanol–water partition coefficient (Wildman–Crippen LogP) is 13.1. The lowest BCUT2D eigenvalue weighted by molar-refractivity contribution is 0.669. The molecule has 0 fully saturated rings. The Morgan fingerprint density at radius 2 is 0.745 bits per heavy atom. The minimum atomic E-state index is 0.903. The molecule has 0 atom stereocenters. The van der Waals surface area contributed by atoms with Crippen LogP contribution in [0.4, 0.5) is 0 Å². The number of aromatic nitrogens is 2. The fourth-order valence-electron chi connectivity index (χ4n) is 8.14. The maximum Gasteiger partial charge on any atom is 0.135 e. The quantitative estimate of drug-likeness (QED) is 0.186. The van der Waals surface area contributed by atoms with E-state index in [0.29, 0.717) is 0 Å². The van der Waals surface area contributed by atoms with E-state index < -0.39 is 0 Å². The molecule has 8 aromatic carbocycles. The van der Waals surface area contributed by atoms with Gasteiger partial charge in [0, 0.05) is 43.7 Å². The molecule has 3 aromatic heterocycles. The number of rotatable bonds is 4. The van der Waals surface area contributed by atoms with Crippen molar-refractivity contribution < 1.29 is 4.42 Å². The van der Waals surface area contributed by atoms with Crippen LogP contribution in [0.3, 0.4) is 0 Å². The highest BCUT2D eigenvalue weighted by molar-refractivity contribution is 6.13. The fourth-order valence-corrected chi connectivity index (χ4v) is 8.14. The molecule has 0 amide bonds. The zero-order valence-corrected chi connectivity index (χ0v) is 27.6. The van der Waals surface area contributed by atoms with Crippen LogP contribution in [-0.2, 0) is 0 Å². The summed E-state index contributed by atoms with van der Waals surface area (Å²) < 4.78 is 11.0. The Kier molecular flexibility index (Phi) is 5.96. The molecular weight excluding hydrogens is 621 g/mol. The molecule has 0 aliphatic carbocycles. The molecule has 3 heterocycles. The molecule has 51 heavy (non-hydrogen) atoms. The van der Waals surface area contributed by atoms with E-state index in [4.69, 9.17) is 4.42 Å². The Labute approximate surface area is 293 Å². The third-order valence-corrected chi connectivity index (χ3v) is 10.5. The smallest absolute Gasteiger partial charge is 0.135 e. The highest BCUT2D eigenvalue weighted by atomic mass is 16.3. The summed E-state index contributed by atoms with van der Waals surface area (Å²) in [4.78, 5) is 0. The van der Waals surface area contributed by atoms with Crippen LogP contribution in [0, 0.1) is 0 Å². The molecule has 0 aliphatic rings. The van der Waals surface area contributed by atoms with Gasteiger partial charge in [0.25, 0.3) is 0 Å². The van der Waals surface area contributed by atoms with Crippen molar-refractivity contribution in [2.75, 3.05) is 0 Å². The van der Waals surface area contributed by atoms with Crippen molar-refractivity contribution in [3.05, 3.63) is 182 Å². The Balaban J connectivity index is 1.10. The monoisotopic (exact) mass is 650 g/mol. The molecule has 0 radical (unpaired) electrons. The molecule has 0 saturated heterocycles. The van der Waals surface area contributed by atoms with E-state index >= 15 is 0 Å². The van der Waals surface area contributed by atoms with Crippen LogP contribution in [0.15, 0.2) is 186 Å². The summed E-state index contributed by atoms with van der Waals surface area (Å²) in [5.74, 6) is 0. The number of benzene rings is 8. The minimum absolute atomic E-state index is 0.903. The Bertz CT molecular complexity index is 3120. The molecule has 3 heteroatoms. The third kappa shape index (κ3) is 4.25. The van der Waals surface area contributed by atoms with Crippen molar-refractivity contribution in [1.82, 2.24) is 9.13 Å². The lowest BCUT2D eigenvalue weighted by Gasteiger charge is -2.11. The average molecular weight is 651 g/mol. The first-order chi connectivity index (χ1) is 25.3. The first-order valence-corrected chi connectivity index (χ1v) is 17.4. The number of nitrogens with zero attached hydrogens (tertiary/aromatic N) is 2. The summed E-state index contributed by atoms with van der Waals surface area (Å²) >= 11 is 0. The second-order valence-corrected chi connectivity index (χ2v) is 13.4. The molecule has 0 N–H and O–H groups in total. The van der Waals surface area contributed by atoms with Crippen molar-refractivity contribution in [1.29, 1.82) is 0 Å². The Morgan fingerprint density at radius 3 is 1.41 bits per heavy atom. The number of para-hydroxylation sites is 3. The maximum absolute atomic E-state index is 6.19. The molecule has 0 aliphatic heterocycles. The van der Waals surface area contributed by atoms with E-state index in [-0.39, 0.29) is 0 Å². The van der Waals surface area contributed by atoms with Crippen LogP contribution >= 0.6 is 0 Å². The first kappa shape index (κ1) is 28.0. The van der Waals surface area contributed by atoms with Gasteiger partial charge < -0.3 is 13.6 Å². The van der Waals surface area contributed by atoms with Gasteiger partial charge in [0.05, 0.1) is 22.1 Å². The van der Waals surface area contributed by atoms with Crippen molar-refractivity contribution >= 4 is 65.6 Å². The van der Waals surface area contributed by atoms with Crippen LogP contribution in [0.5, 0.6) is 0 Å². The summed E-state index contributed by atoms with van der Waals surface area (Å²) in [5.41, 5.74) is 13.6. The maximum atomic E-state index is 6.19. The van der Waals surface area contributed by atoms with Gasteiger partial charge in [-0.3, -0.25) is 0 Å². The summed E-state index contributed by atoms with van der Waals surface area (Å²) in [7, 11) is 0. The Morgan fingerprint density at radius 1 is 0.275 bits per heavy atom. The van der Waals surface area contributed by atoms with Crippen molar-refractivity contribution in [2.45, 2.75) is 0 Å². The van der Waals surface area contributed by atoms with Crippen LogP contribution in [0.2, 0.25) is 0 Å². The van der Waals surface area contributed by atoms with Gasteiger partial charge in [-0.1, -0.05) is 121 Å². The highest BCUT2D eigenvalue weighted by Crippen LogP contribution is 2.39. The summed E-state index contributed by atoms with van der Waals surface area (Å²) in [6.45, 7) is 0. The number of fused-ring (bicyclic) bond motifs is 9. The number of hydrogen-bond acceptors (Lipinski definition) is 1. The summed E-state index contributed by atoms with van der Waals surface area (Å²) in [6.07, 6.45) is 0. The first-order valence-electron chi connectivity index (χ1n) is 17.4. The zero-order chi connectivity index (χ0) is 33.5. The van der Waals surface area contributed by atoms with Gasteiger partial charge in [-0.25, -0.2) is 0 Å². The standard InChI is InChI=1S/C48H30N2O/c1-2-10-31(11-3-1)32-18-22-35(23-19-32)49-43-15-7-4-12-37(43)39-25-20-33(28-45(39)49)34-21-26-40-38-13-5-8-16-44(38)50(46(40)29-34)36-24-27-48-42(30-36)41-14-6-9-17-47(41)51-48/h1-30H. The predicted molar refractivity (Wildman–Crippen MR) is 213 cm³/mol. The van der Waals surface area contributed by atoms with Gasteiger partial charge in [-0.2, -0.15) is 0 Å². The van der Waals surface area contributed by atoms with Crippen LogP contribution in [0.25, 0.3) is 99.2 Å². The van der Waals surface area contributed by atoms with Crippen molar-refractivity contribution in [3.8, 4) is 33.6 Å². The number of hydrogen-bond donors (Lipinski definition) is 0. The van der Waals surface area contributed by atoms with Crippen molar-refractivity contribution in [3.63, 3.8) is 0 Å². The topological polar surface area (TPSA) is 23.0 Å². The fraction of sp³-hybridized carbons (Fsp3) is 0. The van der Waals surface area contributed by atoms with Gasteiger partial charge in [-0.15, -0.1) is 0 Å². The Hall–Kier alpha value is -6.84. The summed E-state index contributed by atoms with van der Waals surface area (Å²) in [5, 5.41) is 7.24. The van der Waals surface area contributed by atoms with E-state index in [9.17, 15) is 0 Å². The molecule has 0 saturated carbocycles. The van der Waals surface area contributed by atoms with Crippen LogP contribution < -0.4 is 0 Å². The molecule has 0 spiro atoms.